The van der Waals surface area contributed by atoms with Crippen molar-refractivity contribution in [1.29, 1.82) is 0 Å². The molecule has 0 aromatic heterocycles. The van der Waals surface area contributed by atoms with E-state index >= 15 is 0 Å². The van der Waals surface area contributed by atoms with Gasteiger partial charge in [-0.25, -0.2) is 4.42 Å². The van der Waals surface area contributed by atoms with E-state index in [9.17, 15) is 25.2 Å². The molecule has 6 nitrogen and oxygen atoms in total. The first-order valence-electron chi connectivity index (χ1n) is 6.55. The Hall–Kier alpha value is -3.02. The number of fused-ring (bicyclic) bond motifs is 1. The number of Topliss-reactive ketones (excluding diaryl/α,β-unsaturated/α-hetero) is 1. The minimum Gasteiger partial charge on any atom is -0.507 e. The molecule has 1 atom stereocenters. The van der Waals surface area contributed by atoms with E-state index in [0.29, 0.717) is 5.56 Å². The Labute approximate surface area is 125 Å². The number of rotatable bonds is 1. The van der Waals surface area contributed by atoms with E-state index in [2.05, 4.69) is 0 Å². The van der Waals surface area contributed by atoms with Crippen LogP contribution in [0.4, 0.5) is 0 Å². The summed E-state index contributed by atoms with van der Waals surface area (Å²) < 4.78 is 5.64. The van der Waals surface area contributed by atoms with E-state index in [1.807, 2.05) is 0 Å². The van der Waals surface area contributed by atoms with Crippen LogP contribution in [0.3, 0.4) is 0 Å². The predicted molar refractivity (Wildman–Crippen MR) is 76.8 cm³/mol. The molecule has 0 saturated heterocycles. The third-order valence-electron chi connectivity index (χ3n) is 3.58. The van der Waals surface area contributed by atoms with Crippen LogP contribution in [0.25, 0.3) is 0 Å². The standard InChI is InChI=1S/C16H12O6/c1-7-15(21)14-12(20)5-9(17)6-13(14)22-16(7)8-2-3-10(18)11(19)4-8/h2-7H,1H3,(H3-,17,18,19,20,21)/p+1. The number of hydrogen-bond donors (Lipinski definition) is 4. The average molecular weight is 301 g/mol. The molecule has 0 bridgehead atoms. The van der Waals surface area contributed by atoms with Crippen molar-refractivity contribution in [2.75, 3.05) is 0 Å². The van der Waals surface area contributed by atoms with Gasteiger partial charge >= 0.3 is 11.5 Å². The molecule has 1 aliphatic rings. The number of aromatic hydroxyl groups is 4. The van der Waals surface area contributed by atoms with Gasteiger partial charge in [-0.1, -0.05) is 0 Å². The van der Waals surface area contributed by atoms with Crippen molar-refractivity contribution < 1.29 is 29.6 Å². The zero-order valence-corrected chi connectivity index (χ0v) is 11.6. The van der Waals surface area contributed by atoms with Gasteiger partial charge in [-0.2, -0.15) is 0 Å². The summed E-state index contributed by atoms with van der Waals surface area (Å²) >= 11 is 0. The number of phenolic OH excluding ortho intramolecular Hbond substituents is 4. The maximum atomic E-state index is 12.4. The van der Waals surface area contributed by atoms with E-state index in [1.165, 1.54) is 24.3 Å². The summed E-state index contributed by atoms with van der Waals surface area (Å²) in [4.78, 5) is 12.4. The monoisotopic (exact) mass is 301 g/mol. The summed E-state index contributed by atoms with van der Waals surface area (Å²) in [6, 6.07) is 6.38. The zero-order valence-electron chi connectivity index (χ0n) is 11.6. The second kappa shape index (κ2) is 4.77. The van der Waals surface area contributed by atoms with Gasteiger partial charge in [0.15, 0.2) is 22.8 Å². The van der Waals surface area contributed by atoms with Crippen LogP contribution in [0.5, 0.6) is 28.7 Å². The van der Waals surface area contributed by atoms with Crippen molar-refractivity contribution in [3.8, 4) is 28.7 Å². The van der Waals surface area contributed by atoms with E-state index in [1.54, 1.807) is 6.92 Å². The van der Waals surface area contributed by atoms with Crippen LogP contribution >= 0.6 is 0 Å². The molecule has 1 aliphatic heterocycles. The van der Waals surface area contributed by atoms with Crippen molar-refractivity contribution >= 4 is 11.6 Å². The lowest BCUT2D eigenvalue weighted by Crippen LogP contribution is -2.25. The Kier molecular flexibility index (Phi) is 3.02. The molecule has 0 aliphatic carbocycles. The molecule has 0 radical (unpaired) electrons. The molecule has 6 heteroatoms. The van der Waals surface area contributed by atoms with Crippen LogP contribution in [0.1, 0.15) is 27.3 Å². The topological polar surface area (TPSA) is 109 Å². The summed E-state index contributed by atoms with van der Waals surface area (Å²) in [7, 11) is 0. The third-order valence-corrected chi connectivity index (χ3v) is 3.58. The van der Waals surface area contributed by atoms with E-state index < -0.39 is 5.92 Å². The van der Waals surface area contributed by atoms with Crippen LogP contribution in [0.2, 0.25) is 0 Å². The molecule has 0 spiro atoms. The molecular weight excluding hydrogens is 288 g/mol. The number of phenols is 4. The van der Waals surface area contributed by atoms with Gasteiger partial charge in [-0.3, -0.25) is 4.79 Å². The molecule has 1 heterocycles. The molecule has 4 N–H and O–H groups in total. The lowest BCUT2D eigenvalue weighted by molar-refractivity contribution is -0.173. The third kappa shape index (κ3) is 2.05. The minimum absolute atomic E-state index is 0.0112. The molecule has 0 saturated carbocycles. The summed E-state index contributed by atoms with van der Waals surface area (Å²) in [5.41, 5.74) is 0.432. The first-order valence-corrected chi connectivity index (χ1v) is 6.55. The Morgan fingerprint density at radius 3 is 2.36 bits per heavy atom. The molecule has 2 aromatic rings. The van der Waals surface area contributed by atoms with Crippen LogP contribution in [0, 0.1) is 5.92 Å². The maximum Gasteiger partial charge on any atom is 0.371 e. The van der Waals surface area contributed by atoms with Gasteiger partial charge in [-0.05, 0) is 19.1 Å². The minimum atomic E-state index is -0.688. The summed E-state index contributed by atoms with van der Waals surface area (Å²) in [6.07, 6.45) is 0. The van der Waals surface area contributed by atoms with Crippen molar-refractivity contribution in [3.63, 3.8) is 0 Å². The second-order valence-corrected chi connectivity index (χ2v) is 5.09. The van der Waals surface area contributed by atoms with Crippen molar-refractivity contribution in [2.24, 2.45) is 5.92 Å². The normalized spacial score (nSPS) is 17.0. The Morgan fingerprint density at radius 2 is 1.68 bits per heavy atom. The number of carbonyl (C=O) groups is 1. The first kappa shape index (κ1) is 13.9. The van der Waals surface area contributed by atoms with Gasteiger partial charge in [0.2, 0.25) is 0 Å². The maximum absolute atomic E-state index is 12.4. The van der Waals surface area contributed by atoms with Gasteiger partial charge in [0.05, 0.1) is 11.6 Å². The number of ketones is 2. The van der Waals surface area contributed by atoms with Gasteiger partial charge in [-0.15, -0.1) is 0 Å². The van der Waals surface area contributed by atoms with Crippen LogP contribution in [-0.4, -0.2) is 32.0 Å². The molecule has 0 fully saturated rings. The molecule has 112 valence electrons. The lowest BCUT2D eigenvalue weighted by atomic mass is 9.88. The summed E-state index contributed by atoms with van der Waals surface area (Å²) in [5.74, 6) is -1.94. The smallest absolute Gasteiger partial charge is 0.371 e. The van der Waals surface area contributed by atoms with E-state index in [0.717, 1.165) is 6.07 Å². The Morgan fingerprint density at radius 1 is 0.955 bits per heavy atom. The summed E-state index contributed by atoms with van der Waals surface area (Å²) in [6.45, 7) is 1.61. The Bertz CT molecular complexity index is 822. The highest BCUT2D eigenvalue weighted by Gasteiger charge is 2.42. The average Bonchev–Trinajstić information content (AvgIpc) is 2.45. The van der Waals surface area contributed by atoms with Crippen molar-refractivity contribution in [3.05, 3.63) is 41.5 Å². The molecule has 3 rings (SSSR count). The fraction of sp³-hybridized carbons (Fsp3) is 0.125. The van der Waals surface area contributed by atoms with E-state index in [-0.39, 0.29) is 45.9 Å². The van der Waals surface area contributed by atoms with Gasteiger partial charge in [0.25, 0.3) is 0 Å². The van der Waals surface area contributed by atoms with Crippen LogP contribution < -0.4 is 0 Å². The Balaban J connectivity index is 2.21. The number of carbonyl (C=O) groups excluding carboxylic acids is 2. The fourth-order valence-electron chi connectivity index (χ4n) is 2.44. The van der Waals surface area contributed by atoms with Gasteiger partial charge < -0.3 is 20.4 Å². The lowest BCUT2D eigenvalue weighted by Gasteiger charge is -2.12. The molecule has 0 amide bonds. The van der Waals surface area contributed by atoms with Crippen molar-refractivity contribution in [1.82, 2.24) is 0 Å². The first-order chi connectivity index (χ1) is 10.4. The van der Waals surface area contributed by atoms with Gasteiger partial charge in [0.1, 0.15) is 17.4 Å². The second-order valence-electron chi connectivity index (χ2n) is 5.09. The van der Waals surface area contributed by atoms with Crippen molar-refractivity contribution in [2.45, 2.75) is 6.92 Å². The SMILES string of the molecule is CC1C(=O)c2c(O)cc(O)cc2[O+]=C1c1ccc(O)c(O)c1. The largest absolute Gasteiger partial charge is 0.507 e. The number of benzene rings is 2. The fourth-order valence-corrected chi connectivity index (χ4v) is 2.44. The highest BCUT2D eigenvalue weighted by molar-refractivity contribution is 6.19. The zero-order chi connectivity index (χ0) is 16.0. The van der Waals surface area contributed by atoms with E-state index in [4.69, 9.17) is 4.42 Å². The van der Waals surface area contributed by atoms with Crippen LogP contribution in [-0.2, 0) is 0 Å². The molecule has 2 aromatic carbocycles. The quantitative estimate of drug-likeness (QED) is 0.367. The summed E-state index contributed by atoms with van der Waals surface area (Å²) in [5, 5.41) is 38.3. The van der Waals surface area contributed by atoms with Crippen LogP contribution in [0.15, 0.2) is 30.3 Å². The number of hydrogen-bond acceptors (Lipinski definition) is 5. The van der Waals surface area contributed by atoms with Gasteiger partial charge in [0, 0.05) is 12.1 Å². The highest BCUT2D eigenvalue weighted by Crippen LogP contribution is 2.40. The molecule has 22 heavy (non-hydrogen) atoms. The molecule has 1 unspecified atom stereocenters. The molecular formula is C16H13O6+. The predicted octanol–water partition coefficient (Wildman–Crippen LogP) is 2.47. The highest BCUT2D eigenvalue weighted by atomic mass is 16.4.